The fourth-order valence-corrected chi connectivity index (χ4v) is 3.61. The minimum absolute atomic E-state index is 0.288. The van der Waals surface area contributed by atoms with Crippen molar-refractivity contribution in [2.75, 3.05) is 0 Å². The van der Waals surface area contributed by atoms with E-state index < -0.39 is 0 Å². The molecule has 0 amide bonds. The molecular weight excluding hydrogens is 330 g/mol. The quantitative estimate of drug-likeness (QED) is 0.593. The molecule has 0 N–H and O–H groups in total. The molecule has 0 aliphatic heterocycles. The van der Waals surface area contributed by atoms with Crippen molar-refractivity contribution in [3.05, 3.63) is 59.7 Å². The summed E-state index contributed by atoms with van der Waals surface area (Å²) in [5, 5.41) is 2.38. The van der Waals surface area contributed by atoms with Gasteiger partial charge in [-0.15, -0.1) is 18.5 Å². The first-order valence-corrected chi connectivity index (χ1v) is 9.65. The van der Waals surface area contributed by atoms with Crippen molar-refractivity contribution in [3.8, 4) is 0 Å². The summed E-state index contributed by atoms with van der Waals surface area (Å²) in [4.78, 5) is 9.75. The third kappa shape index (κ3) is 4.59. The summed E-state index contributed by atoms with van der Waals surface area (Å²) < 4.78 is 0. The van der Waals surface area contributed by atoms with Crippen LogP contribution in [0.3, 0.4) is 0 Å². The zero-order chi connectivity index (χ0) is 16.8. The summed E-state index contributed by atoms with van der Waals surface area (Å²) in [5.74, 6) is 0. The van der Waals surface area contributed by atoms with Crippen LogP contribution in [0.15, 0.2) is 58.5 Å². The summed E-state index contributed by atoms with van der Waals surface area (Å²) in [6, 6.07) is 17.2. The van der Waals surface area contributed by atoms with E-state index in [2.05, 4.69) is 54.9 Å². The van der Waals surface area contributed by atoms with Crippen molar-refractivity contribution in [2.24, 2.45) is 9.98 Å². The Morgan fingerprint density at radius 2 is 1.12 bits per heavy atom. The van der Waals surface area contributed by atoms with E-state index in [1.54, 1.807) is 0 Å². The minimum atomic E-state index is 0.288. The molecule has 124 valence electrons. The Kier molecular flexibility index (Phi) is 6.30. The second-order valence-corrected chi connectivity index (χ2v) is 7.48. The number of aliphatic imine (C=N–C) groups is 2. The minimum Gasteiger partial charge on any atom is -0.287 e. The van der Waals surface area contributed by atoms with E-state index in [-0.39, 0.29) is 12.1 Å². The average Bonchev–Trinajstić information content (AvgIpc) is 2.61. The third-order valence-electron chi connectivity index (χ3n) is 4.50. The van der Waals surface area contributed by atoms with E-state index in [0.717, 1.165) is 12.8 Å². The maximum absolute atomic E-state index is 4.87. The molecule has 2 aromatic rings. The van der Waals surface area contributed by atoms with E-state index in [9.17, 15) is 0 Å². The van der Waals surface area contributed by atoms with Crippen molar-refractivity contribution in [1.29, 1.82) is 0 Å². The summed E-state index contributed by atoms with van der Waals surface area (Å²) in [6.45, 7) is 0. The maximum Gasteiger partial charge on any atom is 0.0723 e. The van der Waals surface area contributed by atoms with Gasteiger partial charge in [0.2, 0.25) is 0 Å². The van der Waals surface area contributed by atoms with Crippen LogP contribution in [0, 0.1) is 0 Å². The topological polar surface area (TPSA) is 24.7 Å². The molecule has 0 radical (unpaired) electrons. The number of benzene rings is 2. The molecule has 1 saturated carbocycles. The van der Waals surface area contributed by atoms with Gasteiger partial charge in [0.1, 0.15) is 0 Å². The molecule has 4 atom stereocenters. The highest BCUT2D eigenvalue weighted by molar-refractivity contribution is 7.28. The molecule has 1 aliphatic carbocycles. The molecule has 0 aromatic heterocycles. The highest BCUT2D eigenvalue weighted by Crippen LogP contribution is 2.24. The lowest BCUT2D eigenvalue weighted by molar-refractivity contribution is 0.390. The van der Waals surface area contributed by atoms with Crippen LogP contribution < -0.4 is 10.6 Å². The van der Waals surface area contributed by atoms with E-state index in [1.165, 1.54) is 34.6 Å². The Morgan fingerprint density at radius 3 is 1.54 bits per heavy atom. The highest BCUT2D eigenvalue weighted by atomic mass is 31.0. The summed E-state index contributed by atoms with van der Waals surface area (Å²) in [5.41, 5.74) is 2.34. The molecule has 0 saturated heterocycles. The molecule has 0 heterocycles. The molecule has 1 aliphatic rings. The van der Waals surface area contributed by atoms with Crippen LogP contribution in [0.1, 0.15) is 36.8 Å². The Labute approximate surface area is 149 Å². The van der Waals surface area contributed by atoms with Crippen molar-refractivity contribution in [1.82, 2.24) is 0 Å². The van der Waals surface area contributed by atoms with Crippen molar-refractivity contribution in [3.63, 3.8) is 0 Å². The Balaban J connectivity index is 1.74. The standard InChI is InChI=1S/C20H24N2P2/c23-19-11-5-1-7-15(19)13-21-17-9-3-4-10-18(17)22-14-16-8-2-6-12-20(16)24/h1-2,5-8,11-14,17-18H,3-4,9-10,23-24H2/b21-13+,22-14+/t17-,18-/m1/s1. The number of hydrogen-bond acceptors (Lipinski definition) is 2. The van der Waals surface area contributed by atoms with Gasteiger partial charge in [0, 0.05) is 12.4 Å². The fourth-order valence-electron chi connectivity index (χ4n) is 3.05. The number of rotatable bonds is 4. The third-order valence-corrected chi connectivity index (χ3v) is 5.55. The predicted molar refractivity (Wildman–Crippen MR) is 113 cm³/mol. The molecule has 2 unspecified atom stereocenters. The van der Waals surface area contributed by atoms with Crippen molar-refractivity contribution in [2.45, 2.75) is 37.8 Å². The lowest BCUT2D eigenvalue weighted by atomic mass is 9.91. The van der Waals surface area contributed by atoms with Gasteiger partial charge in [0.15, 0.2) is 0 Å². The monoisotopic (exact) mass is 354 g/mol. The van der Waals surface area contributed by atoms with Crippen molar-refractivity contribution >= 4 is 41.5 Å². The summed E-state index contributed by atoms with van der Waals surface area (Å²) in [6.07, 6.45) is 8.78. The highest BCUT2D eigenvalue weighted by Gasteiger charge is 2.23. The second kappa shape index (κ2) is 8.65. The fraction of sp³-hybridized carbons (Fsp3) is 0.300. The zero-order valence-corrected chi connectivity index (χ0v) is 16.1. The lowest BCUT2D eigenvalue weighted by Crippen LogP contribution is -2.27. The second-order valence-electron chi connectivity index (χ2n) is 6.23. The van der Waals surface area contributed by atoms with Gasteiger partial charge in [0.25, 0.3) is 0 Å². The Hall–Kier alpha value is -1.36. The molecule has 24 heavy (non-hydrogen) atoms. The van der Waals surface area contributed by atoms with E-state index in [4.69, 9.17) is 9.98 Å². The molecule has 2 aromatic carbocycles. The van der Waals surface area contributed by atoms with Crippen LogP contribution in [0.5, 0.6) is 0 Å². The smallest absolute Gasteiger partial charge is 0.0723 e. The number of nitrogens with zero attached hydrogens (tertiary/aromatic N) is 2. The van der Waals surface area contributed by atoms with Crippen molar-refractivity contribution < 1.29 is 0 Å². The van der Waals surface area contributed by atoms with E-state index in [0.29, 0.717) is 0 Å². The SMILES string of the molecule is Pc1ccccc1/C=N/[C@@H]1CCCC[C@H]1/N=C/c1ccccc1P. The van der Waals surface area contributed by atoms with Gasteiger partial charge in [-0.2, -0.15) is 0 Å². The molecule has 3 rings (SSSR count). The predicted octanol–water partition coefficient (Wildman–Crippen LogP) is 3.54. The first-order chi connectivity index (χ1) is 11.7. The van der Waals surface area contributed by atoms with Crippen LogP contribution in [-0.4, -0.2) is 24.5 Å². The van der Waals surface area contributed by atoms with E-state index >= 15 is 0 Å². The van der Waals surface area contributed by atoms with Crippen LogP contribution >= 0.6 is 18.5 Å². The van der Waals surface area contributed by atoms with Gasteiger partial charge in [0.05, 0.1) is 12.1 Å². The first-order valence-electron chi connectivity index (χ1n) is 8.49. The molecule has 0 spiro atoms. The molecular formula is C20H24N2P2. The van der Waals surface area contributed by atoms with Gasteiger partial charge >= 0.3 is 0 Å². The van der Waals surface area contributed by atoms with Crippen LogP contribution in [0.25, 0.3) is 0 Å². The molecule has 2 nitrogen and oxygen atoms in total. The maximum atomic E-state index is 4.87. The lowest BCUT2D eigenvalue weighted by Gasteiger charge is -2.25. The van der Waals surface area contributed by atoms with Gasteiger partial charge in [-0.05, 0) is 34.6 Å². The first kappa shape index (κ1) is 17.5. The Morgan fingerprint density at radius 1 is 0.708 bits per heavy atom. The van der Waals surface area contributed by atoms with Gasteiger partial charge < -0.3 is 0 Å². The largest absolute Gasteiger partial charge is 0.287 e. The van der Waals surface area contributed by atoms with Gasteiger partial charge in [-0.1, -0.05) is 61.4 Å². The number of hydrogen-bond donors (Lipinski definition) is 0. The van der Waals surface area contributed by atoms with Crippen LogP contribution in [0.2, 0.25) is 0 Å². The van der Waals surface area contributed by atoms with Gasteiger partial charge in [-0.25, -0.2) is 0 Å². The van der Waals surface area contributed by atoms with E-state index in [1.807, 2.05) is 24.6 Å². The molecule has 0 bridgehead atoms. The molecule has 4 heteroatoms. The zero-order valence-electron chi connectivity index (χ0n) is 13.8. The van der Waals surface area contributed by atoms with Crippen LogP contribution in [-0.2, 0) is 0 Å². The summed E-state index contributed by atoms with van der Waals surface area (Å²) >= 11 is 0. The summed E-state index contributed by atoms with van der Waals surface area (Å²) in [7, 11) is 5.55. The Bertz CT molecular complexity index is 676. The normalized spacial score (nSPS) is 21.6. The molecule has 1 fully saturated rings. The van der Waals surface area contributed by atoms with Gasteiger partial charge in [-0.3, -0.25) is 9.98 Å². The average molecular weight is 354 g/mol. The van der Waals surface area contributed by atoms with Crippen LogP contribution in [0.4, 0.5) is 0 Å².